The third kappa shape index (κ3) is 6.85. The number of fused-ring (bicyclic) bond motifs is 1. The van der Waals surface area contributed by atoms with Crippen molar-refractivity contribution in [3.05, 3.63) is 65.4 Å². The van der Waals surface area contributed by atoms with Crippen molar-refractivity contribution in [1.82, 2.24) is 10.3 Å². The molecule has 0 aliphatic carbocycles. The van der Waals surface area contributed by atoms with Gasteiger partial charge in [0.1, 0.15) is 5.75 Å². The maximum Gasteiger partial charge on any atom is 0.255 e. The quantitative estimate of drug-likeness (QED) is 0.280. The van der Waals surface area contributed by atoms with Crippen LogP contribution in [-0.4, -0.2) is 46.5 Å². The Kier molecular flexibility index (Phi) is 8.94. The summed E-state index contributed by atoms with van der Waals surface area (Å²) in [5.41, 5.74) is 3.17. The van der Waals surface area contributed by atoms with E-state index in [1.807, 2.05) is 50.4 Å². The SMILES string of the molecule is CC(C)Oc1ccc(C#CCCCCO)cc1C(=O)N[C@@H](CO)Cc1c[nH]c2ccccc12. The number of aromatic amines is 1. The van der Waals surface area contributed by atoms with E-state index in [0.717, 1.165) is 34.9 Å². The molecule has 174 valence electrons. The number of benzene rings is 2. The van der Waals surface area contributed by atoms with Gasteiger partial charge in [-0.1, -0.05) is 30.0 Å². The van der Waals surface area contributed by atoms with Gasteiger partial charge in [0.2, 0.25) is 0 Å². The number of amides is 1. The van der Waals surface area contributed by atoms with E-state index in [-0.39, 0.29) is 25.2 Å². The molecule has 0 saturated heterocycles. The fourth-order valence-corrected chi connectivity index (χ4v) is 3.62. The number of ether oxygens (including phenoxy) is 1. The van der Waals surface area contributed by atoms with E-state index in [4.69, 9.17) is 9.84 Å². The predicted octanol–water partition coefficient (Wildman–Crippen LogP) is 3.80. The Balaban J connectivity index is 1.78. The van der Waals surface area contributed by atoms with Crippen LogP contribution in [0.1, 0.15) is 54.6 Å². The zero-order valence-electron chi connectivity index (χ0n) is 19.2. The highest BCUT2D eigenvalue weighted by Crippen LogP contribution is 2.23. The molecule has 0 aliphatic rings. The number of nitrogens with one attached hydrogen (secondary N) is 2. The Hall–Kier alpha value is -3.27. The zero-order valence-corrected chi connectivity index (χ0v) is 19.2. The number of para-hydroxylation sites is 1. The van der Waals surface area contributed by atoms with Gasteiger partial charge in [0, 0.05) is 35.7 Å². The number of hydrogen-bond donors (Lipinski definition) is 4. The summed E-state index contributed by atoms with van der Waals surface area (Å²) in [6.45, 7) is 3.79. The summed E-state index contributed by atoms with van der Waals surface area (Å²) >= 11 is 0. The van der Waals surface area contributed by atoms with Gasteiger partial charge >= 0.3 is 0 Å². The van der Waals surface area contributed by atoms with Crippen LogP contribution in [0.25, 0.3) is 10.9 Å². The van der Waals surface area contributed by atoms with Gasteiger partial charge in [-0.2, -0.15) is 0 Å². The second-order valence-electron chi connectivity index (χ2n) is 8.28. The smallest absolute Gasteiger partial charge is 0.255 e. The molecule has 0 bridgehead atoms. The average Bonchev–Trinajstić information content (AvgIpc) is 3.21. The van der Waals surface area contributed by atoms with Crippen LogP contribution in [0.4, 0.5) is 0 Å². The van der Waals surface area contributed by atoms with Crippen molar-refractivity contribution in [2.24, 2.45) is 0 Å². The molecule has 2 aromatic carbocycles. The van der Waals surface area contributed by atoms with E-state index in [1.54, 1.807) is 12.1 Å². The predicted molar refractivity (Wildman–Crippen MR) is 130 cm³/mol. The Morgan fingerprint density at radius 3 is 2.73 bits per heavy atom. The normalized spacial score (nSPS) is 11.8. The number of rotatable bonds is 10. The minimum Gasteiger partial charge on any atom is -0.490 e. The van der Waals surface area contributed by atoms with Crippen LogP contribution >= 0.6 is 0 Å². The lowest BCUT2D eigenvalue weighted by molar-refractivity contribution is 0.0910. The fourth-order valence-electron chi connectivity index (χ4n) is 3.62. The van der Waals surface area contributed by atoms with E-state index in [9.17, 15) is 9.90 Å². The number of aromatic nitrogens is 1. The molecule has 33 heavy (non-hydrogen) atoms. The molecule has 3 rings (SSSR count). The number of carbonyl (C=O) groups is 1. The van der Waals surface area contributed by atoms with Crippen molar-refractivity contribution >= 4 is 16.8 Å². The van der Waals surface area contributed by atoms with E-state index < -0.39 is 6.04 Å². The molecule has 0 unspecified atom stereocenters. The second kappa shape index (κ2) is 12.1. The Morgan fingerprint density at radius 2 is 1.97 bits per heavy atom. The third-order valence-corrected chi connectivity index (χ3v) is 5.23. The van der Waals surface area contributed by atoms with Gasteiger partial charge in [0.15, 0.2) is 0 Å². The number of aliphatic hydroxyl groups excluding tert-OH is 2. The van der Waals surface area contributed by atoms with Crippen LogP contribution in [-0.2, 0) is 6.42 Å². The molecule has 0 saturated carbocycles. The molecule has 0 radical (unpaired) electrons. The lowest BCUT2D eigenvalue weighted by Crippen LogP contribution is -2.39. The molecule has 1 atom stereocenters. The molecule has 3 aromatic rings. The second-order valence-corrected chi connectivity index (χ2v) is 8.28. The van der Waals surface area contributed by atoms with Crippen molar-refractivity contribution in [3.63, 3.8) is 0 Å². The summed E-state index contributed by atoms with van der Waals surface area (Å²) in [6, 6.07) is 12.8. The maximum atomic E-state index is 13.2. The first kappa shape index (κ1) is 24.4. The van der Waals surface area contributed by atoms with Gasteiger partial charge in [0.05, 0.1) is 24.3 Å². The van der Waals surface area contributed by atoms with Crippen molar-refractivity contribution in [3.8, 4) is 17.6 Å². The van der Waals surface area contributed by atoms with Crippen LogP contribution < -0.4 is 10.1 Å². The third-order valence-electron chi connectivity index (χ3n) is 5.23. The molecule has 1 aromatic heterocycles. The van der Waals surface area contributed by atoms with Crippen LogP contribution in [0.15, 0.2) is 48.7 Å². The molecule has 0 spiro atoms. The maximum absolute atomic E-state index is 13.2. The molecule has 6 nitrogen and oxygen atoms in total. The van der Waals surface area contributed by atoms with E-state index in [1.165, 1.54) is 0 Å². The number of unbranched alkanes of at least 4 members (excludes halogenated alkanes) is 2. The molecule has 1 heterocycles. The minimum absolute atomic E-state index is 0.0909. The molecule has 0 fully saturated rings. The highest BCUT2D eigenvalue weighted by atomic mass is 16.5. The van der Waals surface area contributed by atoms with Crippen LogP contribution in [0.5, 0.6) is 5.75 Å². The van der Waals surface area contributed by atoms with E-state index >= 15 is 0 Å². The standard InChI is InChI=1S/C27H32N2O4/c1-19(2)33-26-13-12-20(9-5-3-4-8-14-30)15-24(26)27(32)29-22(18-31)16-21-17-28-25-11-7-6-10-23(21)25/h6-7,10-13,15,17,19,22,28,30-31H,3-4,8,14,16,18H2,1-2H3,(H,29,32)/t22-/m1/s1. The Morgan fingerprint density at radius 1 is 1.15 bits per heavy atom. The first-order valence-electron chi connectivity index (χ1n) is 11.4. The van der Waals surface area contributed by atoms with Gasteiger partial charge < -0.3 is 25.3 Å². The molecule has 4 N–H and O–H groups in total. The molecule has 6 heteroatoms. The first-order valence-corrected chi connectivity index (χ1v) is 11.4. The first-order chi connectivity index (χ1) is 16.0. The molecule has 1 amide bonds. The van der Waals surface area contributed by atoms with Gasteiger partial charge in [-0.25, -0.2) is 0 Å². The molecular formula is C27H32N2O4. The van der Waals surface area contributed by atoms with Crippen LogP contribution in [0, 0.1) is 11.8 Å². The number of hydrogen-bond acceptors (Lipinski definition) is 4. The number of aliphatic hydroxyl groups is 2. The highest BCUT2D eigenvalue weighted by molar-refractivity contribution is 5.97. The lowest BCUT2D eigenvalue weighted by atomic mass is 10.0. The zero-order chi connectivity index (χ0) is 23.6. The summed E-state index contributed by atoms with van der Waals surface area (Å²) in [6.07, 6.45) is 4.56. The minimum atomic E-state index is -0.447. The van der Waals surface area contributed by atoms with Gasteiger partial charge in [-0.3, -0.25) is 4.79 Å². The topological polar surface area (TPSA) is 94.6 Å². The van der Waals surface area contributed by atoms with Crippen molar-refractivity contribution in [2.45, 2.75) is 51.7 Å². The largest absolute Gasteiger partial charge is 0.490 e. The Bertz CT molecular complexity index is 1120. The van der Waals surface area contributed by atoms with E-state index in [2.05, 4.69) is 22.1 Å². The van der Waals surface area contributed by atoms with Crippen molar-refractivity contribution < 1.29 is 19.7 Å². The Labute approximate surface area is 195 Å². The lowest BCUT2D eigenvalue weighted by Gasteiger charge is -2.19. The van der Waals surface area contributed by atoms with Gasteiger partial charge in [-0.05, 0) is 62.9 Å². The monoisotopic (exact) mass is 448 g/mol. The van der Waals surface area contributed by atoms with Crippen LogP contribution in [0.2, 0.25) is 0 Å². The highest BCUT2D eigenvalue weighted by Gasteiger charge is 2.19. The average molecular weight is 449 g/mol. The summed E-state index contributed by atoms with van der Waals surface area (Å²) < 4.78 is 5.85. The van der Waals surface area contributed by atoms with Gasteiger partial charge in [-0.15, -0.1) is 0 Å². The summed E-state index contributed by atoms with van der Waals surface area (Å²) in [7, 11) is 0. The molecular weight excluding hydrogens is 416 g/mol. The summed E-state index contributed by atoms with van der Waals surface area (Å²) in [5, 5.41) is 22.9. The summed E-state index contributed by atoms with van der Waals surface area (Å²) in [4.78, 5) is 16.4. The molecule has 0 aliphatic heterocycles. The van der Waals surface area contributed by atoms with Crippen LogP contribution in [0.3, 0.4) is 0 Å². The van der Waals surface area contributed by atoms with Crippen molar-refractivity contribution in [2.75, 3.05) is 13.2 Å². The number of H-pyrrole nitrogens is 1. The number of carbonyl (C=O) groups excluding carboxylic acids is 1. The van der Waals surface area contributed by atoms with E-state index in [0.29, 0.717) is 24.2 Å². The van der Waals surface area contributed by atoms with Crippen molar-refractivity contribution in [1.29, 1.82) is 0 Å². The summed E-state index contributed by atoms with van der Waals surface area (Å²) in [5.74, 6) is 6.34. The van der Waals surface area contributed by atoms with Gasteiger partial charge in [0.25, 0.3) is 5.91 Å². The fraction of sp³-hybridized carbons (Fsp3) is 0.370.